The first-order valence-electron chi connectivity index (χ1n) is 13.0. The third kappa shape index (κ3) is 4.32. The molecule has 2 N–H and O–H groups in total. The molecule has 4 aliphatic rings. The highest BCUT2D eigenvalue weighted by molar-refractivity contribution is 7.13. The van der Waals surface area contributed by atoms with Crippen molar-refractivity contribution in [3.8, 4) is 21.8 Å². The molecule has 4 aliphatic heterocycles. The minimum atomic E-state index is -0.695. The lowest BCUT2D eigenvalue weighted by Crippen LogP contribution is -2.52. The summed E-state index contributed by atoms with van der Waals surface area (Å²) < 4.78 is 7.30. The highest BCUT2D eigenvalue weighted by atomic mass is 32.1. The molecule has 3 atom stereocenters. The molecule has 10 heteroatoms. The van der Waals surface area contributed by atoms with Gasteiger partial charge >= 0.3 is 0 Å². The van der Waals surface area contributed by atoms with E-state index in [0.29, 0.717) is 12.0 Å². The van der Waals surface area contributed by atoms with Crippen molar-refractivity contribution in [2.24, 2.45) is 5.92 Å². The molecular formula is C27H31N7O2S. The van der Waals surface area contributed by atoms with Gasteiger partial charge in [0.1, 0.15) is 12.0 Å². The number of piperidine rings is 1. The van der Waals surface area contributed by atoms with Crippen molar-refractivity contribution >= 4 is 22.8 Å². The number of hydrogen-bond acceptors (Lipinski definition) is 9. The zero-order chi connectivity index (χ0) is 24.9. The van der Waals surface area contributed by atoms with Crippen molar-refractivity contribution in [3.05, 3.63) is 53.7 Å². The predicted octanol–water partition coefficient (Wildman–Crippen LogP) is 3.03. The van der Waals surface area contributed by atoms with Gasteiger partial charge in [0.2, 0.25) is 0 Å². The number of nitrogens with one attached hydrogen (secondary N) is 1. The van der Waals surface area contributed by atoms with Crippen LogP contribution in [0.2, 0.25) is 0 Å². The number of nitrogens with zero attached hydrogens (tertiary/aromatic N) is 6. The van der Waals surface area contributed by atoms with Gasteiger partial charge in [-0.25, -0.2) is 14.5 Å². The van der Waals surface area contributed by atoms with E-state index < -0.39 is 6.23 Å². The lowest BCUT2D eigenvalue weighted by molar-refractivity contribution is -0.00102. The number of methoxy groups -OCH3 is 1. The zero-order valence-electron chi connectivity index (χ0n) is 20.8. The lowest BCUT2D eigenvalue weighted by atomic mass is 9.97. The fraction of sp³-hybridized carbons (Fsp3) is 0.444. The summed E-state index contributed by atoms with van der Waals surface area (Å²) in [5.41, 5.74) is 4.16. The molecule has 4 aromatic heterocycles. The van der Waals surface area contributed by atoms with Gasteiger partial charge in [-0.1, -0.05) is 6.07 Å². The van der Waals surface area contributed by atoms with E-state index in [4.69, 9.17) is 14.7 Å². The Morgan fingerprint density at radius 2 is 2.03 bits per heavy atom. The van der Waals surface area contributed by atoms with Gasteiger partial charge in [0, 0.05) is 51.1 Å². The molecule has 4 aromatic rings. The summed E-state index contributed by atoms with van der Waals surface area (Å²) >= 11 is 1.67. The summed E-state index contributed by atoms with van der Waals surface area (Å²) in [5, 5.41) is 21.9. The van der Waals surface area contributed by atoms with Crippen LogP contribution in [0.5, 0.6) is 0 Å². The van der Waals surface area contributed by atoms with Gasteiger partial charge < -0.3 is 20.1 Å². The van der Waals surface area contributed by atoms with Crippen molar-refractivity contribution in [1.82, 2.24) is 29.8 Å². The van der Waals surface area contributed by atoms with Gasteiger partial charge in [0.15, 0.2) is 5.65 Å². The molecule has 0 saturated carbocycles. The number of hydrogen-bond donors (Lipinski definition) is 2. The van der Waals surface area contributed by atoms with Crippen LogP contribution < -0.4 is 10.2 Å². The molecule has 0 amide bonds. The molecule has 37 heavy (non-hydrogen) atoms. The number of aliphatic hydroxyl groups is 1. The van der Waals surface area contributed by atoms with Gasteiger partial charge in [-0.2, -0.15) is 5.10 Å². The van der Waals surface area contributed by atoms with E-state index in [1.54, 1.807) is 23.0 Å². The third-order valence-electron chi connectivity index (χ3n) is 7.97. The number of ether oxygens (including phenoxy) is 1. The van der Waals surface area contributed by atoms with Crippen molar-refractivity contribution in [2.75, 3.05) is 44.7 Å². The van der Waals surface area contributed by atoms with Crippen LogP contribution in [0.1, 0.15) is 24.6 Å². The fourth-order valence-electron chi connectivity index (χ4n) is 5.76. The Labute approximate surface area is 219 Å². The van der Waals surface area contributed by atoms with Crippen LogP contribution in [-0.2, 0) is 4.74 Å². The minimum absolute atomic E-state index is 0.207. The second kappa shape index (κ2) is 9.45. The van der Waals surface area contributed by atoms with Gasteiger partial charge in [0.25, 0.3) is 0 Å². The van der Waals surface area contributed by atoms with Crippen LogP contribution in [0.25, 0.3) is 27.5 Å². The second-order valence-electron chi connectivity index (χ2n) is 10.4. The van der Waals surface area contributed by atoms with E-state index in [1.807, 2.05) is 36.7 Å². The fourth-order valence-corrected chi connectivity index (χ4v) is 6.45. The molecule has 4 fully saturated rings. The molecule has 0 aromatic carbocycles. The van der Waals surface area contributed by atoms with Gasteiger partial charge in [0.05, 0.1) is 34.1 Å². The van der Waals surface area contributed by atoms with E-state index in [2.05, 4.69) is 31.7 Å². The highest BCUT2D eigenvalue weighted by Gasteiger charge is 2.34. The van der Waals surface area contributed by atoms with Crippen LogP contribution in [0.4, 0.5) is 5.82 Å². The molecule has 8 heterocycles. The summed E-state index contributed by atoms with van der Waals surface area (Å²) in [6, 6.07) is 10.6. The van der Waals surface area contributed by atoms with Crippen molar-refractivity contribution in [2.45, 2.75) is 31.2 Å². The largest absolute Gasteiger partial charge is 0.378 e. The Balaban J connectivity index is 1.29. The maximum Gasteiger partial charge on any atom is 0.165 e. The van der Waals surface area contributed by atoms with Crippen LogP contribution in [0.3, 0.4) is 0 Å². The SMILES string of the molecule is COC1CN(c2cc(C(O)N3CC4CCC(C3)NC4)cc(-c3cnn4ccc(-c5cccs5)nc34)n2)C1. The molecule has 3 unspecified atom stereocenters. The molecule has 0 radical (unpaired) electrons. The molecule has 2 bridgehead atoms. The molecule has 4 saturated heterocycles. The minimum Gasteiger partial charge on any atom is -0.378 e. The second-order valence-corrected chi connectivity index (χ2v) is 11.3. The predicted molar refractivity (Wildman–Crippen MR) is 144 cm³/mol. The standard InChI is InChI=1S/C27H31N7O2S/c1-36-20-15-32(16-20)25-10-18(27(35)33-13-17-4-5-19(14-33)28-11-17)9-23(30-25)21-12-29-34-7-6-22(31-26(21)34)24-3-2-8-37-24/h2-3,6-10,12,17,19-20,27-28,35H,4-5,11,13-16H2,1H3. The number of fused-ring (bicyclic) bond motifs is 5. The first-order chi connectivity index (χ1) is 18.1. The molecular weight excluding hydrogens is 486 g/mol. The first-order valence-corrected chi connectivity index (χ1v) is 13.9. The molecule has 192 valence electrons. The van der Waals surface area contributed by atoms with Gasteiger partial charge in [-0.15, -0.1) is 11.3 Å². The summed E-state index contributed by atoms with van der Waals surface area (Å²) in [4.78, 5) is 15.5. The van der Waals surface area contributed by atoms with E-state index in [1.165, 1.54) is 12.8 Å². The Morgan fingerprint density at radius 3 is 2.81 bits per heavy atom. The average molecular weight is 518 g/mol. The van der Waals surface area contributed by atoms with E-state index >= 15 is 0 Å². The van der Waals surface area contributed by atoms with Crippen LogP contribution in [0.15, 0.2) is 48.1 Å². The number of anilines is 1. The van der Waals surface area contributed by atoms with Crippen LogP contribution in [-0.4, -0.2) is 81.6 Å². The Hall–Kier alpha value is -2.89. The Morgan fingerprint density at radius 1 is 1.11 bits per heavy atom. The zero-order valence-corrected chi connectivity index (χ0v) is 21.6. The molecule has 9 nitrogen and oxygen atoms in total. The highest BCUT2D eigenvalue weighted by Crippen LogP contribution is 2.34. The summed E-state index contributed by atoms with van der Waals surface area (Å²) in [6.45, 7) is 4.36. The van der Waals surface area contributed by atoms with E-state index in [-0.39, 0.29) is 6.10 Å². The van der Waals surface area contributed by atoms with Gasteiger partial charge in [-0.3, -0.25) is 4.90 Å². The number of thiophene rings is 1. The average Bonchev–Trinajstić information content (AvgIpc) is 3.49. The Bertz CT molecular complexity index is 1380. The van der Waals surface area contributed by atoms with Crippen molar-refractivity contribution < 1.29 is 9.84 Å². The van der Waals surface area contributed by atoms with Crippen molar-refractivity contribution in [1.29, 1.82) is 0 Å². The van der Waals surface area contributed by atoms with E-state index in [9.17, 15) is 5.11 Å². The van der Waals surface area contributed by atoms with Gasteiger partial charge in [-0.05, 0) is 54.9 Å². The lowest BCUT2D eigenvalue weighted by Gasteiger charge is -2.39. The molecule has 8 rings (SSSR count). The monoisotopic (exact) mass is 517 g/mol. The van der Waals surface area contributed by atoms with E-state index in [0.717, 1.165) is 71.6 Å². The van der Waals surface area contributed by atoms with Crippen LogP contribution >= 0.6 is 11.3 Å². The first kappa shape index (κ1) is 23.2. The summed E-state index contributed by atoms with van der Waals surface area (Å²) in [7, 11) is 1.75. The Kier molecular flexibility index (Phi) is 5.94. The third-order valence-corrected chi connectivity index (χ3v) is 8.86. The van der Waals surface area contributed by atoms with Crippen molar-refractivity contribution in [3.63, 3.8) is 0 Å². The number of aliphatic hydroxyl groups excluding tert-OH is 1. The molecule has 0 spiro atoms. The summed E-state index contributed by atoms with van der Waals surface area (Å²) in [5.74, 6) is 1.43. The number of aromatic nitrogens is 4. The smallest absolute Gasteiger partial charge is 0.165 e. The topological polar surface area (TPSA) is 91.1 Å². The number of pyridine rings is 1. The quantitative estimate of drug-likeness (QED) is 0.403. The van der Waals surface area contributed by atoms with Crippen LogP contribution in [0, 0.1) is 5.92 Å². The maximum absolute atomic E-state index is 11.6. The molecule has 0 aliphatic carbocycles. The summed E-state index contributed by atoms with van der Waals surface area (Å²) in [6.07, 6.45) is 5.68. The maximum atomic E-state index is 11.6. The number of rotatable bonds is 6. The normalized spacial score (nSPS) is 23.4.